The number of nitrogens with one attached hydrogen (secondary N) is 1. The van der Waals surface area contributed by atoms with Crippen LogP contribution in [0.1, 0.15) is 24.8 Å². The molecule has 0 aliphatic carbocycles. The molecule has 2 aliphatic heterocycles. The van der Waals surface area contributed by atoms with Crippen LogP contribution in [0, 0.1) is 0 Å². The number of methoxy groups -OCH3 is 1. The number of carbonyl (C=O) groups is 3. The molecule has 25 heavy (non-hydrogen) atoms. The average Bonchev–Trinajstić information content (AvgIpc) is 3.06. The number of amides is 4. The molecule has 0 saturated carbocycles. The number of ether oxygens (including phenoxy) is 1. The van der Waals surface area contributed by atoms with Crippen molar-refractivity contribution in [1.82, 2.24) is 15.1 Å². The Morgan fingerprint density at radius 1 is 1.28 bits per heavy atom. The SMILES string of the molecule is COc1ccccc1C[C@@H]1CCCN1C(=O)CN1CCC(=O)NC1=O. The van der Waals surface area contributed by atoms with Gasteiger partial charge in [-0.15, -0.1) is 0 Å². The summed E-state index contributed by atoms with van der Waals surface area (Å²) in [5.41, 5.74) is 1.08. The van der Waals surface area contributed by atoms with E-state index in [1.54, 1.807) is 7.11 Å². The molecule has 7 nitrogen and oxygen atoms in total. The van der Waals surface area contributed by atoms with Gasteiger partial charge in [0.1, 0.15) is 12.3 Å². The van der Waals surface area contributed by atoms with E-state index in [1.165, 1.54) is 4.90 Å². The Morgan fingerprint density at radius 2 is 2.08 bits per heavy atom. The van der Waals surface area contributed by atoms with Crippen LogP contribution in [0.3, 0.4) is 0 Å². The molecule has 1 aromatic carbocycles. The zero-order valence-corrected chi connectivity index (χ0v) is 14.4. The van der Waals surface area contributed by atoms with Crippen molar-refractivity contribution in [1.29, 1.82) is 0 Å². The Bertz CT molecular complexity index is 676. The van der Waals surface area contributed by atoms with Gasteiger partial charge in [-0.2, -0.15) is 0 Å². The molecule has 0 bridgehead atoms. The zero-order chi connectivity index (χ0) is 17.8. The number of hydrogen-bond donors (Lipinski definition) is 1. The molecular weight excluding hydrogens is 322 g/mol. The Balaban J connectivity index is 1.64. The maximum Gasteiger partial charge on any atom is 0.324 e. The van der Waals surface area contributed by atoms with E-state index in [1.807, 2.05) is 29.2 Å². The summed E-state index contributed by atoms with van der Waals surface area (Å²) in [6, 6.07) is 7.46. The molecule has 2 fully saturated rings. The number of imide groups is 1. The molecule has 2 heterocycles. The lowest BCUT2D eigenvalue weighted by Crippen LogP contribution is -2.53. The number of rotatable bonds is 5. The first-order chi connectivity index (χ1) is 12.1. The first-order valence-electron chi connectivity index (χ1n) is 8.58. The van der Waals surface area contributed by atoms with Crippen LogP contribution in [-0.4, -0.2) is 60.4 Å². The normalized spacial score (nSPS) is 20.6. The van der Waals surface area contributed by atoms with Crippen molar-refractivity contribution in [2.75, 3.05) is 26.7 Å². The fraction of sp³-hybridized carbons (Fsp3) is 0.500. The van der Waals surface area contributed by atoms with Crippen LogP contribution >= 0.6 is 0 Å². The minimum absolute atomic E-state index is 0.0154. The molecule has 0 aromatic heterocycles. The van der Waals surface area contributed by atoms with Gasteiger partial charge in [-0.05, 0) is 30.9 Å². The van der Waals surface area contributed by atoms with E-state index in [-0.39, 0.29) is 30.8 Å². The molecule has 134 valence electrons. The highest BCUT2D eigenvalue weighted by Crippen LogP contribution is 2.26. The largest absolute Gasteiger partial charge is 0.496 e. The summed E-state index contributed by atoms with van der Waals surface area (Å²) in [5, 5.41) is 2.25. The van der Waals surface area contributed by atoms with Crippen molar-refractivity contribution >= 4 is 17.8 Å². The van der Waals surface area contributed by atoms with Gasteiger partial charge in [-0.1, -0.05) is 18.2 Å². The molecule has 2 aliphatic rings. The number of hydrogen-bond acceptors (Lipinski definition) is 4. The van der Waals surface area contributed by atoms with E-state index in [9.17, 15) is 14.4 Å². The molecule has 7 heteroatoms. The Kier molecular flexibility index (Phi) is 5.21. The number of nitrogens with zero attached hydrogens (tertiary/aromatic N) is 2. The molecule has 1 N–H and O–H groups in total. The van der Waals surface area contributed by atoms with E-state index < -0.39 is 6.03 Å². The Labute approximate surface area is 146 Å². The minimum Gasteiger partial charge on any atom is -0.496 e. The number of carbonyl (C=O) groups excluding carboxylic acids is 3. The number of benzene rings is 1. The van der Waals surface area contributed by atoms with Gasteiger partial charge in [0.2, 0.25) is 11.8 Å². The fourth-order valence-electron chi connectivity index (χ4n) is 3.51. The predicted octanol–water partition coefficient (Wildman–Crippen LogP) is 1.17. The highest BCUT2D eigenvalue weighted by molar-refractivity contribution is 5.98. The first kappa shape index (κ1) is 17.3. The van der Waals surface area contributed by atoms with Gasteiger partial charge < -0.3 is 14.5 Å². The molecule has 0 spiro atoms. The van der Waals surface area contributed by atoms with E-state index in [0.29, 0.717) is 13.1 Å². The summed E-state index contributed by atoms with van der Waals surface area (Å²) in [6.45, 7) is 1.01. The van der Waals surface area contributed by atoms with Crippen LogP contribution in [0.2, 0.25) is 0 Å². The lowest BCUT2D eigenvalue weighted by Gasteiger charge is -2.30. The molecule has 2 saturated heterocycles. The summed E-state index contributed by atoms with van der Waals surface area (Å²) in [6.07, 6.45) is 2.87. The topological polar surface area (TPSA) is 79.0 Å². The predicted molar refractivity (Wildman–Crippen MR) is 91.2 cm³/mol. The highest BCUT2D eigenvalue weighted by Gasteiger charge is 2.32. The van der Waals surface area contributed by atoms with E-state index in [4.69, 9.17) is 4.74 Å². The van der Waals surface area contributed by atoms with Crippen LogP contribution in [0.5, 0.6) is 5.75 Å². The second kappa shape index (κ2) is 7.55. The third-order valence-electron chi connectivity index (χ3n) is 4.81. The van der Waals surface area contributed by atoms with Gasteiger partial charge in [-0.25, -0.2) is 4.79 Å². The van der Waals surface area contributed by atoms with Crippen LogP contribution < -0.4 is 10.1 Å². The van der Waals surface area contributed by atoms with Crippen molar-refractivity contribution in [2.24, 2.45) is 0 Å². The van der Waals surface area contributed by atoms with E-state index in [0.717, 1.165) is 30.6 Å². The molecule has 0 unspecified atom stereocenters. The summed E-state index contributed by atoms with van der Waals surface area (Å²) in [4.78, 5) is 39.0. The van der Waals surface area contributed by atoms with Gasteiger partial charge in [-0.3, -0.25) is 14.9 Å². The van der Waals surface area contributed by atoms with Crippen LogP contribution in [0.15, 0.2) is 24.3 Å². The lowest BCUT2D eigenvalue weighted by molar-refractivity contribution is -0.133. The molecule has 0 radical (unpaired) electrons. The summed E-state index contributed by atoms with van der Waals surface area (Å²) in [7, 11) is 1.65. The number of para-hydroxylation sites is 1. The third kappa shape index (κ3) is 3.92. The number of urea groups is 1. The van der Waals surface area contributed by atoms with Gasteiger partial charge in [0.15, 0.2) is 0 Å². The van der Waals surface area contributed by atoms with Crippen molar-refractivity contribution < 1.29 is 19.1 Å². The minimum atomic E-state index is -0.481. The van der Waals surface area contributed by atoms with Crippen molar-refractivity contribution in [2.45, 2.75) is 31.7 Å². The van der Waals surface area contributed by atoms with Crippen LogP contribution in [0.4, 0.5) is 4.79 Å². The fourth-order valence-corrected chi connectivity index (χ4v) is 3.51. The standard InChI is InChI=1S/C18H23N3O4/c1-25-15-7-3-2-5-13(15)11-14-6-4-9-21(14)17(23)12-20-10-8-16(22)19-18(20)24/h2-3,5,7,14H,4,6,8-12H2,1H3,(H,19,22,24)/t14-/m0/s1. The van der Waals surface area contributed by atoms with Gasteiger partial charge in [0.05, 0.1) is 7.11 Å². The maximum atomic E-state index is 12.7. The quantitative estimate of drug-likeness (QED) is 0.869. The molecule has 3 rings (SSSR count). The maximum absolute atomic E-state index is 12.7. The summed E-state index contributed by atoms with van der Waals surface area (Å²) < 4.78 is 5.40. The molecule has 1 aromatic rings. The van der Waals surface area contributed by atoms with Gasteiger partial charge in [0, 0.05) is 25.6 Å². The molecular formula is C18H23N3O4. The van der Waals surface area contributed by atoms with Gasteiger partial charge >= 0.3 is 6.03 Å². The highest BCUT2D eigenvalue weighted by atomic mass is 16.5. The monoisotopic (exact) mass is 345 g/mol. The summed E-state index contributed by atoms with van der Waals surface area (Å²) >= 11 is 0. The summed E-state index contributed by atoms with van der Waals surface area (Å²) in [5.74, 6) is 0.474. The smallest absolute Gasteiger partial charge is 0.324 e. The van der Waals surface area contributed by atoms with E-state index >= 15 is 0 Å². The third-order valence-corrected chi connectivity index (χ3v) is 4.81. The molecule has 4 amide bonds. The van der Waals surface area contributed by atoms with Gasteiger partial charge in [0.25, 0.3) is 0 Å². The van der Waals surface area contributed by atoms with Crippen molar-refractivity contribution in [3.05, 3.63) is 29.8 Å². The van der Waals surface area contributed by atoms with Crippen LogP contribution in [-0.2, 0) is 16.0 Å². The van der Waals surface area contributed by atoms with Crippen molar-refractivity contribution in [3.63, 3.8) is 0 Å². The van der Waals surface area contributed by atoms with E-state index in [2.05, 4.69) is 5.32 Å². The Hall–Kier alpha value is -2.57. The number of likely N-dealkylation sites (tertiary alicyclic amines) is 1. The first-order valence-corrected chi connectivity index (χ1v) is 8.58. The second-order valence-electron chi connectivity index (χ2n) is 6.42. The zero-order valence-electron chi connectivity index (χ0n) is 14.4. The average molecular weight is 345 g/mol. The Morgan fingerprint density at radius 3 is 2.84 bits per heavy atom. The second-order valence-corrected chi connectivity index (χ2v) is 6.42. The molecule has 1 atom stereocenters. The van der Waals surface area contributed by atoms with Crippen molar-refractivity contribution in [3.8, 4) is 5.75 Å². The van der Waals surface area contributed by atoms with Crippen LogP contribution in [0.25, 0.3) is 0 Å². The lowest BCUT2D eigenvalue weighted by atomic mass is 10.0.